The number of carbonyl (C=O) groups is 2. The Morgan fingerprint density at radius 3 is 2.53 bits per heavy atom. The molecular formula is C28H31F2N8O5+. The highest BCUT2D eigenvalue weighted by atomic mass is 19.1. The van der Waals surface area contributed by atoms with Crippen molar-refractivity contribution in [1.29, 1.82) is 0 Å². The van der Waals surface area contributed by atoms with Gasteiger partial charge in [0.1, 0.15) is 22.3 Å². The third-order valence-electron chi connectivity index (χ3n) is 7.20. The van der Waals surface area contributed by atoms with Crippen LogP contribution in [-0.2, 0) is 15.1 Å². The van der Waals surface area contributed by atoms with Crippen LogP contribution in [0.15, 0.2) is 60.0 Å². The summed E-state index contributed by atoms with van der Waals surface area (Å²) in [6.07, 6.45) is 4.70. The normalized spacial score (nSPS) is 17.0. The Kier molecular flexibility index (Phi) is 8.37. The van der Waals surface area contributed by atoms with E-state index < -0.39 is 35.5 Å². The number of halogens is 2. The van der Waals surface area contributed by atoms with Gasteiger partial charge in [0, 0.05) is 30.4 Å². The van der Waals surface area contributed by atoms with E-state index in [4.69, 9.17) is 9.47 Å². The summed E-state index contributed by atoms with van der Waals surface area (Å²) in [4.78, 5) is 29.8. The number of rotatable bonds is 10. The van der Waals surface area contributed by atoms with E-state index in [1.807, 2.05) is 0 Å². The third-order valence-corrected chi connectivity index (χ3v) is 7.20. The van der Waals surface area contributed by atoms with E-state index in [9.17, 15) is 19.1 Å². The molecule has 1 fully saturated rings. The van der Waals surface area contributed by atoms with Gasteiger partial charge in [-0.15, -0.1) is 5.10 Å². The fourth-order valence-electron chi connectivity index (χ4n) is 5.00. The number of nitrogens with zero attached hydrogens (tertiary/aromatic N) is 8. The lowest BCUT2D eigenvalue weighted by molar-refractivity contribution is -0.0605. The molecule has 2 aliphatic heterocycles. The van der Waals surface area contributed by atoms with Crippen LogP contribution in [0, 0.1) is 11.6 Å². The Hall–Kier alpha value is -4.88. The second kappa shape index (κ2) is 12.2. The summed E-state index contributed by atoms with van der Waals surface area (Å²) in [5, 5.41) is 25.4. The maximum absolute atomic E-state index is 15.2. The smallest absolute Gasteiger partial charge is 0.432 e. The van der Waals surface area contributed by atoms with Crippen LogP contribution in [-0.4, -0.2) is 98.6 Å². The zero-order valence-corrected chi connectivity index (χ0v) is 23.8. The number of aliphatic hydroxyl groups is 1. The second-order valence-corrected chi connectivity index (χ2v) is 10.5. The molecule has 1 aromatic heterocycles. The van der Waals surface area contributed by atoms with E-state index in [0.29, 0.717) is 18.3 Å². The number of hydrazone groups is 1. The minimum Gasteiger partial charge on any atom is -0.432 e. The summed E-state index contributed by atoms with van der Waals surface area (Å²) in [5.74, 6) is -1.77. The molecule has 0 spiro atoms. The molecule has 2 aliphatic rings. The first-order valence-electron chi connectivity index (χ1n) is 13.6. The number of β-amino-alcohol motifs (C(OH)–C–C–N with tert-alkyl or cyclic N) is 1. The molecule has 1 N–H and O–H groups in total. The van der Waals surface area contributed by atoms with Crippen LogP contribution in [0.5, 0.6) is 0 Å². The molecule has 0 saturated carbocycles. The van der Waals surface area contributed by atoms with Gasteiger partial charge < -0.3 is 19.5 Å². The summed E-state index contributed by atoms with van der Waals surface area (Å²) in [6, 6.07) is 8.68. The minimum atomic E-state index is -2.03. The van der Waals surface area contributed by atoms with Crippen molar-refractivity contribution < 1.29 is 33.0 Å². The second-order valence-electron chi connectivity index (χ2n) is 10.5. The molecule has 3 heterocycles. The molecule has 2 atom stereocenters. The number of carbonyl (C=O) groups excluding carboxylic acids is 2. The monoisotopic (exact) mass is 597 g/mol. The number of hydrogen-bond donors (Lipinski definition) is 1. The number of ether oxygens (including phenoxy) is 2. The van der Waals surface area contributed by atoms with Gasteiger partial charge in [-0.1, -0.05) is 16.2 Å². The maximum Gasteiger partial charge on any atom is 0.547 e. The highest BCUT2D eigenvalue weighted by Crippen LogP contribution is 2.35. The van der Waals surface area contributed by atoms with Crippen LogP contribution in [0.3, 0.4) is 0 Å². The number of urea groups is 1. The highest BCUT2D eigenvalue weighted by molar-refractivity contribution is 5.94. The molecule has 2 aromatic carbocycles. The lowest BCUT2D eigenvalue weighted by atomic mass is 9.85. The third kappa shape index (κ3) is 6.32. The summed E-state index contributed by atoms with van der Waals surface area (Å²) in [6.45, 7) is 5.06. The zero-order valence-electron chi connectivity index (χ0n) is 23.8. The van der Waals surface area contributed by atoms with E-state index in [-0.39, 0.29) is 38.2 Å². The quantitative estimate of drug-likeness (QED) is 0.277. The molecule has 3 aromatic rings. The van der Waals surface area contributed by atoms with Crippen LogP contribution in [0.4, 0.5) is 24.1 Å². The Morgan fingerprint density at radius 1 is 1.12 bits per heavy atom. The maximum atomic E-state index is 15.2. The van der Waals surface area contributed by atoms with Crippen molar-refractivity contribution in [2.75, 3.05) is 37.9 Å². The van der Waals surface area contributed by atoms with Crippen LogP contribution < -0.4 is 4.90 Å². The van der Waals surface area contributed by atoms with Gasteiger partial charge in [-0.25, -0.2) is 28.1 Å². The predicted octanol–water partition coefficient (Wildman–Crippen LogP) is 2.98. The highest BCUT2D eigenvalue weighted by Gasteiger charge is 2.48. The van der Waals surface area contributed by atoms with Crippen LogP contribution in [0.2, 0.25) is 0 Å². The molecular weight excluding hydrogens is 566 g/mol. The van der Waals surface area contributed by atoms with Crippen molar-refractivity contribution in [3.05, 3.63) is 72.1 Å². The number of hydrogen-bond acceptors (Lipinski definition) is 10. The Balaban J connectivity index is 1.32. The minimum absolute atomic E-state index is 0.0327. The largest absolute Gasteiger partial charge is 0.547 e. The molecule has 0 radical (unpaired) electrons. The van der Waals surface area contributed by atoms with Gasteiger partial charge in [-0.2, -0.15) is 0 Å². The molecule has 15 heteroatoms. The zero-order chi connectivity index (χ0) is 30.7. The molecule has 2 amide bonds. The van der Waals surface area contributed by atoms with E-state index in [1.54, 1.807) is 67.0 Å². The van der Waals surface area contributed by atoms with Crippen molar-refractivity contribution in [3.8, 4) is 5.69 Å². The van der Waals surface area contributed by atoms with Gasteiger partial charge in [0.25, 0.3) is 0 Å². The van der Waals surface area contributed by atoms with Gasteiger partial charge in [0.05, 0.1) is 36.8 Å². The van der Waals surface area contributed by atoms with E-state index in [1.165, 1.54) is 14.8 Å². The first kappa shape index (κ1) is 29.6. The summed E-state index contributed by atoms with van der Waals surface area (Å²) in [7, 11) is 0. The van der Waals surface area contributed by atoms with Crippen LogP contribution in [0.1, 0.15) is 26.3 Å². The average Bonchev–Trinajstić information content (AvgIpc) is 3.73. The van der Waals surface area contributed by atoms with Gasteiger partial charge >= 0.3 is 18.5 Å². The molecule has 5 rings (SSSR count). The summed E-state index contributed by atoms with van der Waals surface area (Å²) < 4.78 is 40.6. The SMILES string of the molecule is CC(C)OC(=O)OCN1[C+]=NN(C[C@@](O)(c2ccc(F)cc2F)[C@@H](C)N2CCN(c3ccc(-n4ccnn4)cc3)C2=O)C1. The molecule has 13 nitrogen and oxygen atoms in total. The van der Waals surface area contributed by atoms with E-state index in [2.05, 4.69) is 21.8 Å². The van der Waals surface area contributed by atoms with Crippen LogP contribution >= 0.6 is 0 Å². The van der Waals surface area contributed by atoms with Crippen molar-refractivity contribution in [1.82, 2.24) is 29.8 Å². The lowest BCUT2D eigenvalue weighted by Crippen LogP contribution is -2.55. The number of aromatic nitrogens is 3. The van der Waals surface area contributed by atoms with E-state index in [0.717, 1.165) is 17.8 Å². The topological polar surface area (TPSA) is 129 Å². The van der Waals surface area contributed by atoms with Crippen molar-refractivity contribution in [3.63, 3.8) is 0 Å². The first-order valence-corrected chi connectivity index (χ1v) is 13.6. The molecule has 226 valence electrons. The Labute approximate surface area is 246 Å². The van der Waals surface area contributed by atoms with Crippen LogP contribution in [0.25, 0.3) is 5.69 Å². The number of amides is 2. The number of benzene rings is 2. The molecule has 0 aliphatic carbocycles. The van der Waals surface area contributed by atoms with Gasteiger partial charge in [-0.3, -0.25) is 4.90 Å². The van der Waals surface area contributed by atoms with Gasteiger partial charge in [0.15, 0.2) is 6.67 Å². The fourth-order valence-corrected chi connectivity index (χ4v) is 5.00. The Morgan fingerprint density at radius 2 is 1.86 bits per heavy atom. The van der Waals surface area contributed by atoms with Crippen molar-refractivity contribution in [2.24, 2.45) is 5.10 Å². The average molecular weight is 598 g/mol. The molecule has 0 bridgehead atoms. The van der Waals surface area contributed by atoms with E-state index >= 15 is 4.39 Å². The lowest BCUT2D eigenvalue weighted by Gasteiger charge is -2.40. The van der Waals surface area contributed by atoms with Gasteiger partial charge in [-0.05, 0) is 51.1 Å². The summed E-state index contributed by atoms with van der Waals surface area (Å²) >= 11 is 0. The fraction of sp³-hybridized carbons (Fsp3) is 0.393. The van der Waals surface area contributed by atoms with Crippen molar-refractivity contribution in [2.45, 2.75) is 38.5 Å². The standard InChI is InChI=1S/C28H31F2N8O5/c1-19(2)43-27(40)42-18-34-16-32-35(17-34)15-28(41,24-9-4-21(29)14-25(24)30)20(3)36-12-13-37(26(36)39)22-5-7-23(8-6-22)38-11-10-31-33-38/h4-11,14,19-20,41H,12-13,15,17-18H2,1-3H3/q+1/t20-,28+/m1/s1. The first-order chi connectivity index (χ1) is 20.5. The van der Waals surface area contributed by atoms with Gasteiger partial charge in [0.2, 0.25) is 6.73 Å². The molecule has 0 unspecified atom stereocenters. The Bertz CT molecular complexity index is 1470. The molecule has 1 saturated heterocycles. The predicted molar refractivity (Wildman–Crippen MR) is 149 cm³/mol. The molecule has 43 heavy (non-hydrogen) atoms. The number of anilines is 1. The summed E-state index contributed by atoms with van der Waals surface area (Å²) in [5.41, 5.74) is -0.835. The van der Waals surface area contributed by atoms with Crippen molar-refractivity contribution >= 4 is 24.2 Å².